The predicted molar refractivity (Wildman–Crippen MR) is 102 cm³/mol. The minimum absolute atomic E-state index is 0.225. The van der Waals surface area contributed by atoms with E-state index in [-0.39, 0.29) is 12.4 Å². The Labute approximate surface area is 153 Å². The first-order valence-corrected chi connectivity index (χ1v) is 9.18. The Bertz CT molecular complexity index is 1130. The zero-order valence-electron chi connectivity index (χ0n) is 14.1. The first kappa shape index (κ1) is 16.5. The number of carbonyl (C=O) groups excluding carboxylic acids is 2. The van der Waals surface area contributed by atoms with Gasteiger partial charge in [0, 0.05) is 22.7 Å². The molecule has 5 nitrogen and oxygen atoms in total. The highest BCUT2D eigenvalue weighted by molar-refractivity contribution is 7.16. The highest BCUT2D eigenvalue weighted by Crippen LogP contribution is 2.23. The van der Waals surface area contributed by atoms with Crippen LogP contribution in [-0.4, -0.2) is 28.3 Å². The second-order valence-corrected chi connectivity index (χ2v) is 6.82. The van der Waals surface area contributed by atoms with Gasteiger partial charge < -0.3 is 9.72 Å². The molecule has 6 heteroatoms. The van der Waals surface area contributed by atoms with Crippen molar-refractivity contribution in [2.75, 3.05) is 6.61 Å². The number of ketones is 1. The molecule has 0 bridgehead atoms. The number of H-pyrrole nitrogens is 1. The summed E-state index contributed by atoms with van der Waals surface area (Å²) >= 11 is 1.46. The Balaban J connectivity index is 1.50. The molecule has 0 aliphatic carbocycles. The van der Waals surface area contributed by atoms with Crippen molar-refractivity contribution >= 4 is 44.2 Å². The fourth-order valence-corrected chi connectivity index (χ4v) is 3.73. The summed E-state index contributed by atoms with van der Waals surface area (Å²) in [6.45, 7) is 1.78. The van der Waals surface area contributed by atoms with Crippen LogP contribution in [0.2, 0.25) is 0 Å². The highest BCUT2D eigenvalue weighted by atomic mass is 32.1. The molecule has 2 heterocycles. The van der Waals surface area contributed by atoms with Crippen LogP contribution in [0.1, 0.15) is 33.2 Å². The van der Waals surface area contributed by atoms with Gasteiger partial charge in [-0.15, -0.1) is 11.3 Å². The molecule has 130 valence electrons. The number of aromatic nitrogens is 2. The van der Waals surface area contributed by atoms with Crippen LogP contribution in [0.5, 0.6) is 0 Å². The van der Waals surface area contributed by atoms with Gasteiger partial charge in [0.05, 0.1) is 21.3 Å². The number of rotatable bonds is 5. The predicted octanol–water partition coefficient (Wildman–Crippen LogP) is 4.38. The van der Waals surface area contributed by atoms with E-state index in [9.17, 15) is 9.59 Å². The molecular weight excluding hydrogens is 348 g/mol. The topological polar surface area (TPSA) is 72.1 Å². The fourth-order valence-electron chi connectivity index (χ4n) is 3.02. The number of carbonyl (C=O) groups is 2. The number of aromatic amines is 1. The maximum Gasteiger partial charge on any atom is 0.338 e. The fraction of sp³-hybridized carbons (Fsp3) is 0.150. The van der Waals surface area contributed by atoms with Crippen molar-refractivity contribution in [3.8, 4) is 0 Å². The van der Waals surface area contributed by atoms with Gasteiger partial charge >= 0.3 is 5.97 Å². The Hall–Kier alpha value is -2.99. The number of hydrogen-bond acceptors (Lipinski definition) is 5. The second kappa shape index (κ2) is 6.72. The molecule has 0 saturated heterocycles. The van der Waals surface area contributed by atoms with E-state index in [0.717, 1.165) is 33.1 Å². The molecule has 26 heavy (non-hydrogen) atoms. The van der Waals surface area contributed by atoms with Gasteiger partial charge in [0.25, 0.3) is 0 Å². The first-order valence-electron chi connectivity index (χ1n) is 8.30. The Morgan fingerprint density at radius 1 is 1.23 bits per heavy atom. The van der Waals surface area contributed by atoms with Crippen molar-refractivity contribution < 1.29 is 14.3 Å². The lowest BCUT2D eigenvalue weighted by molar-refractivity contribution is 0.0475. The molecule has 2 aromatic carbocycles. The van der Waals surface area contributed by atoms with Gasteiger partial charge in [0.2, 0.25) is 5.78 Å². The molecule has 0 atom stereocenters. The molecule has 0 aliphatic heterocycles. The monoisotopic (exact) mass is 364 g/mol. The summed E-state index contributed by atoms with van der Waals surface area (Å²) in [4.78, 5) is 32.1. The summed E-state index contributed by atoms with van der Waals surface area (Å²) < 4.78 is 6.14. The first-order chi connectivity index (χ1) is 12.7. The van der Waals surface area contributed by atoms with Gasteiger partial charge in [-0.1, -0.05) is 25.1 Å². The Morgan fingerprint density at radius 3 is 2.96 bits per heavy atom. The van der Waals surface area contributed by atoms with Crippen LogP contribution in [0.4, 0.5) is 0 Å². The minimum Gasteiger partial charge on any atom is -0.454 e. The number of esters is 1. The second-order valence-electron chi connectivity index (χ2n) is 5.93. The molecule has 0 aliphatic rings. The number of benzene rings is 2. The number of fused-ring (bicyclic) bond motifs is 2. The van der Waals surface area contributed by atoms with E-state index in [1.165, 1.54) is 11.3 Å². The smallest absolute Gasteiger partial charge is 0.338 e. The molecule has 1 N–H and O–H groups in total. The molecule has 4 aromatic rings. The van der Waals surface area contributed by atoms with Gasteiger partial charge in [0.1, 0.15) is 0 Å². The number of ether oxygens (including phenoxy) is 1. The molecular formula is C20H16N2O3S. The largest absolute Gasteiger partial charge is 0.454 e. The normalized spacial score (nSPS) is 11.1. The lowest BCUT2D eigenvalue weighted by atomic mass is 10.1. The molecule has 0 unspecified atom stereocenters. The van der Waals surface area contributed by atoms with Crippen molar-refractivity contribution in [3.05, 3.63) is 64.8 Å². The molecule has 4 rings (SSSR count). The summed E-state index contributed by atoms with van der Waals surface area (Å²) in [5.74, 6) is -0.737. The number of thiazole rings is 1. The van der Waals surface area contributed by atoms with Gasteiger partial charge in [-0.25, -0.2) is 9.78 Å². The van der Waals surface area contributed by atoms with Crippen LogP contribution in [0.3, 0.4) is 0 Å². The molecule has 0 fully saturated rings. The lowest BCUT2D eigenvalue weighted by Crippen LogP contribution is -2.14. The molecule has 0 amide bonds. The Kier molecular flexibility index (Phi) is 4.26. The van der Waals surface area contributed by atoms with E-state index < -0.39 is 5.97 Å². The summed E-state index contributed by atoms with van der Waals surface area (Å²) in [5.41, 5.74) is 5.64. The van der Waals surface area contributed by atoms with Crippen LogP contribution in [0, 0.1) is 0 Å². The van der Waals surface area contributed by atoms with Crippen molar-refractivity contribution in [2.24, 2.45) is 0 Å². The zero-order chi connectivity index (χ0) is 18.1. The van der Waals surface area contributed by atoms with Crippen LogP contribution in [0.25, 0.3) is 21.1 Å². The van der Waals surface area contributed by atoms with E-state index in [1.54, 1.807) is 29.9 Å². The number of Topliss-reactive ketones (excluding diaryl/α,β-unsaturated/α-hetero) is 1. The molecule has 2 aromatic heterocycles. The lowest BCUT2D eigenvalue weighted by Gasteiger charge is -2.04. The number of nitrogens with zero attached hydrogens (tertiary/aromatic N) is 1. The molecule has 0 saturated carbocycles. The van der Waals surface area contributed by atoms with Crippen molar-refractivity contribution in [2.45, 2.75) is 13.3 Å². The third-order valence-corrected chi connectivity index (χ3v) is 5.18. The van der Waals surface area contributed by atoms with E-state index >= 15 is 0 Å². The average Bonchev–Trinajstić information content (AvgIpc) is 3.31. The van der Waals surface area contributed by atoms with E-state index in [2.05, 4.69) is 16.9 Å². The van der Waals surface area contributed by atoms with Crippen LogP contribution >= 0.6 is 11.3 Å². The van der Waals surface area contributed by atoms with Gasteiger partial charge in [-0.05, 0) is 30.2 Å². The van der Waals surface area contributed by atoms with Crippen LogP contribution in [0.15, 0.2) is 48.1 Å². The van der Waals surface area contributed by atoms with Gasteiger partial charge in [0.15, 0.2) is 6.61 Å². The van der Waals surface area contributed by atoms with E-state index in [0.29, 0.717) is 11.1 Å². The summed E-state index contributed by atoms with van der Waals surface area (Å²) in [5, 5.41) is 0.858. The van der Waals surface area contributed by atoms with Crippen molar-refractivity contribution in [1.29, 1.82) is 0 Å². The minimum atomic E-state index is -0.511. The molecule has 0 spiro atoms. The average molecular weight is 364 g/mol. The Morgan fingerprint density at radius 2 is 2.12 bits per heavy atom. The van der Waals surface area contributed by atoms with Crippen molar-refractivity contribution in [1.82, 2.24) is 9.97 Å². The third-order valence-electron chi connectivity index (χ3n) is 4.38. The maximum atomic E-state index is 12.5. The standard InChI is InChI=1S/C20H16N2O3S/c1-2-12-4-3-5-14-15(9-21-19(12)14)17(23)10-25-20(24)13-6-7-16-18(8-13)26-11-22-16/h3-9,11,21H,2,10H2,1H3. The van der Waals surface area contributed by atoms with E-state index in [1.807, 2.05) is 18.2 Å². The summed E-state index contributed by atoms with van der Waals surface area (Å²) in [6.07, 6.45) is 2.56. The third kappa shape index (κ3) is 2.88. The maximum absolute atomic E-state index is 12.5. The number of hydrogen-bond donors (Lipinski definition) is 1. The van der Waals surface area contributed by atoms with E-state index in [4.69, 9.17) is 4.74 Å². The van der Waals surface area contributed by atoms with Crippen molar-refractivity contribution in [3.63, 3.8) is 0 Å². The highest BCUT2D eigenvalue weighted by Gasteiger charge is 2.16. The SMILES string of the molecule is CCc1cccc2c(C(=O)COC(=O)c3ccc4ncsc4c3)c[nH]c12. The summed E-state index contributed by atoms with van der Waals surface area (Å²) in [7, 11) is 0. The van der Waals surface area contributed by atoms with Crippen LogP contribution < -0.4 is 0 Å². The quantitative estimate of drug-likeness (QED) is 0.421. The number of aryl methyl sites for hydroxylation is 1. The summed E-state index contributed by atoms with van der Waals surface area (Å²) in [6, 6.07) is 11.0. The van der Waals surface area contributed by atoms with Crippen LogP contribution in [-0.2, 0) is 11.2 Å². The zero-order valence-corrected chi connectivity index (χ0v) is 14.9. The van der Waals surface area contributed by atoms with Gasteiger partial charge in [-0.2, -0.15) is 0 Å². The van der Waals surface area contributed by atoms with Gasteiger partial charge in [-0.3, -0.25) is 4.79 Å². The number of para-hydroxylation sites is 1. The molecule has 0 radical (unpaired) electrons. The number of nitrogens with one attached hydrogen (secondary N) is 1.